The van der Waals surface area contributed by atoms with Gasteiger partial charge in [0.1, 0.15) is 67.1 Å². The molecule has 20 heteroatoms. The molecule has 68 heavy (non-hydrogen) atoms. The average Bonchev–Trinajstić information content (AvgIpc) is 3.26. The van der Waals surface area contributed by atoms with Crippen LogP contribution in [0.5, 0.6) is 0 Å². The molecule has 0 spiro atoms. The quantitative estimate of drug-likeness (QED) is 0.0889. The first-order valence-corrected chi connectivity index (χ1v) is 24.5. The van der Waals surface area contributed by atoms with Gasteiger partial charge >= 0.3 is 5.97 Å². The highest BCUT2D eigenvalue weighted by Gasteiger charge is 2.72. The predicted molar refractivity (Wildman–Crippen MR) is 233 cm³/mol. The summed E-state index contributed by atoms with van der Waals surface area (Å²) in [5, 5.41) is 140. The Bertz CT molecular complexity index is 1860. The van der Waals surface area contributed by atoms with E-state index in [-0.39, 0.29) is 40.6 Å². The van der Waals surface area contributed by atoms with Gasteiger partial charge in [0.25, 0.3) is 0 Å². The number of aliphatic hydroxyl groups excluding tert-OH is 12. The Kier molecular flexibility index (Phi) is 14.3. The smallest absolute Gasteiger partial charge is 0.335 e. The molecule has 0 aromatic carbocycles. The molecule has 5 aliphatic carbocycles. The van der Waals surface area contributed by atoms with Crippen LogP contribution in [0.25, 0.3) is 0 Å². The summed E-state index contributed by atoms with van der Waals surface area (Å²) < 4.78 is 35.5. The van der Waals surface area contributed by atoms with Crippen molar-refractivity contribution >= 4 is 5.97 Å². The Morgan fingerprint density at radius 3 is 1.82 bits per heavy atom. The van der Waals surface area contributed by atoms with Crippen molar-refractivity contribution in [2.75, 3.05) is 19.8 Å². The topological polar surface area (TPSA) is 335 Å². The van der Waals surface area contributed by atoms with Crippen molar-refractivity contribution in [3.8, 4) is 0 Å². The number of carboxylic acids is 1. The van der Waals surface area contributed by atoms with Gasteiger partial charge in [-0.2, -0.15) is 0 Å². The molecule has 0 aromatic heterocycles. The van der Waals surface area contributed by atoms with Crippen LogP contribution >= 0.6 is 0 Å². The van der Waals surface area contributed by atoms with Crippen LogP contribution in [0, 0.1) is 50.2 Å². The molecule has 8 rings (SSSR count). The van der Waals surface area contributed by atoms with E-state index in [9.17, 15) is 71.2 Å². The summed E-state index contributed by atoms with van der Waals surface area (Å²) in [5.74, 6) is -1.75. The van der Waals surface area contributed by atoms with E-state index in [0.717, 1.165) is 18.4 Å². The minimum atomic E-state index is -1.99. The lowest BCUT2D eigenvalue weighted by molar-refractivity contribution is -0.365. The van der Waals surface area contributed by atoms with E-state index in [1.165, 1.54) is 0 Å². The van der Waals surface area contributed by atoms with E-state index in [2.05, 4.69) is 54.5 Å². The Morgan fingerprint density at radius 2 is 1.22 bits per heavy atom. The maximum atomic E-state index is 12.7. The number of carboxylic acid groups (broad SMARTS) is 1. The number of carbonyl (C=O) groups is 1. The van der Waals surface area contributed by atoms with E-state index >= 15 is 0 Å². The first kappa shape index (κ1) is 52.8. The van der Waals surface area contributed by atoms with Crippen molar-refractivity contribution in [1.29, 1.82) is 0 Å². The summed E-state index contributed by atoms with van der Waals surface area (Å²) >= 11 is 0. The molecule has 13 N–H and O–H groups in total. The first-order valence-electron chi connectivity index (χ1n) is 24.5. The van der Waals surface area contributed by atoms with Crippen molar-refractivity contribution in [2.24, 2.45) is 50.2 Å². The van der Waals surface area contributed by atoms with Gasteiger partial charge in [-0.15, -0.1) is 0 Å². The number of hydrogen-bond donors (Lipinski definition) is 13. The highest BCUT2D eigenvalue weighted by molar-refractivity contribution is 5.73. The zero-order valence-electron chi connectivity index (χ0n) is 40.2. The molecule has 7 fully saturated rings. The van der Waals surface area contributed by atoms with Crippen molar-refractivity contribution in [3.05, 3.63) is 11.6 Å². The fourth-order valence-corrected chi connectivity index (χ4v) is 15.4. The lowest BCUT2D eigenvalue weighted by Crippen LogP contribution is -2.70. The molecular formula is C48H78O20. The molecule has 25 unspecified atom stereocenters. The Morgan fingerprint density at radius 1 is 0.647 bits per heavy atom. The second kappa shape index (κ2) is 18.5. The molecule has 20 nitrogen and oxygen atoms in total. The highest BCUT2D eigenvalue weighted by atomic mass is 16.7. The number of allylic oxidation sites excluding steroid dienone is 2. The lowest BCUT2D eigenvalue weighted by atomic mass is 9.33. The molecule has 390 valence electrons. The van der Waals surface area contributed by atoms with E-state index in [1.807, 2.05) is 0 Å². The molecule has 3 saturated heterocycles. The summed E-state index contributed by atoms with van der Waals surface area (Å²) in [6, 6.07) is 0. The number of aliphatic hydroxyl groups is 12. The molecule has 0 bridgehead atoms. The van der Waals surface area contributed by atoms with Crippen LogP contribution in [-0.4, -0.2) is 203 Å². The van der Waals surface area contributed by atoms with Crippen LogP contribution in [0.15, 0.2) is 11.6 Å². The van der Waals surface area contributed by atoms with Crippen LogP contribution in [0.1, 0.15) is 99.8 Å². The molecule has 8 aliphatic rings. The Balaban J connectivity index is 1.04. The van der Waals surface area contributed by atoms with E-state index in [4.69, 9.17) is 28.4 Å². The molecule has 25 atom stereocenters. The maximum Gasteiger partial charge on any atom is 0.335 e. The zero-order valence-corrected chi connectivity index (χ0v) is 40.2. The van der Waals surface area contributed by atoms with E-state index in [1.54, 1.807) is 0 Å². The minimum absolute atomic E-state index is 0.0445. The third-order valence-electron chi connectivity index (χ3n) is 19.4. The number of rotatable bonds is 10. The van der Waals surface area contributed by atoms with E-state index in [0.29, 0.717) is 38.5 Å². The molecule has 3 heterocycles. The number of ether oxygens (including phenoxy) is 6. The number of aliphatic carboxylic acids is 1. The predicted octanol–water partition coefficient (Wildman–Crippen LogP) is -1.35. The minimum Gasteiger partial charge on any atom is -0.479 e. The first-order chi connectivity index (χ1) is 31.6. The van der Waals surface area contributed by atoms with Crippen LogP contribution in [-0.2, 0) is 33.2 Å². The van der Waals surface area contributed by atoms with Crippen LogP contribution < -0.4 is 0 Å². The van der Waals surface area contributed by atoms with E-state index < -0.39 is 146 Å². The third kappa shape index (κ3) is 8.07. The van der Waals surface area contributed by atoms with Gasteiger partial charge in [0, 0.05) is 0 Å². The highest BCUT2D eigenvalue weighted by Crippen LogP contribution is 2.76. The van der Waals surface area contributed by atoms with Crippen LogP contribution in [0.3, 0.4) is 0 Å². The van der Waals surface area contributed by atoms with Gasteiger partial charge in [0.15, 0.2) is 25.0 Å². The maximum absolute atomic E-state index is 12.7. The number of hydrogen-bond acceptors (Lipinski definition) is 19. The summed E-state index contributed by atoms with van der Waals surface area (Å²) in [6.07, 6.45) is -20.8. The van der Waals surface area contributed by atoms with Crippen LogP contribution in [0.2, 0.25) is 0 Å². The Labute approximate surface area is 396 Å². The van der Waals surface area contributed by atoms with Gasteiger partial charge in [-0.1, -0.05) is 60.1 Å². The third-order valence-corrected chi connectivity index (χ3v) is 19.4. The fraction of sp³-hybridized carbons (Fsp3) is 0.938. The second-order valence-electron chi connectivity index (χ2n) is 23.8. The largest absolute Gasteiger partial charge is 0.479 e. The molecular weight excluding hydrogens is 897 g/mol. The van der Waals surface area contributed by atoms with Gasteiger partial charge in [0.05, 0.1) is 43.5 Å². The molecule has 4 saturated carbocycles. The van der Waals surface area contributed by atoms with Crippen molar-refractivity contribution in [1.82, 2.24) is 0 Å². The molecule has 0 amide bonds. The monoisotopic (exact) mass is 975 g/mol. The standard InChI is InChI=1S/C48H78O20/c1-43(2)14-21-20-8-9-25-45(5)12-11-28(66-42-36(60)37(35(59)38(68-42)39(61)62)67-41-34(58)32(56)30(54)23(18-50)65-41)44(3,4)24(45)10-13-46(25,6)47(20,7)16-27(52)48(21,26(51)15-43)19-63-40-33(57)31(55)29(53)22(17-49)64-40/h8,21-38,40-42,49-60H,9-19H2,1-7H3,(H,61,62). The van der Waals surface area contributed by atoms with Gasteiger partial charge < -0.3 is 94.8 Å². The summed E-state index contributed by atoms with van der Waals surface area (Å²) in [5.41, 5.74) is -2.11. The van der Waals surface area contributed by atoms with Crippen molar-refractivity contribution in [3.63, 3.8) is 0 Å². The average molecular weight is 975 g/mol. The van der Waals surface area contributed by atoms with Crippen LogP contribution in [0.4, 0.5) is 0 Å². The summed E-state index contributed by atoms with van der Waals surface area (Å²) in [6.45, 7) is 13.7. The van der Waals surface area contributed by atoms with Gasteiger partial charge in [-0.05, 0) is 96.2 Å². The molecule has 3 aliphatic heterocycles. The van der Waals surface area contributed by atoms with Crippen molar-refractivity contribution in [2.45, 2.75) is 210 Å². The zero-order chi connectivity index (χ0) is 50.0. The SMILES string of the molecule is CC1(C)CC(O)C2(COC3OC(CO)C(O)C(O)C3O)C(O)CC3(C)C(=CCC4C5(C)CCC(OC6OC(C(=O)O)C(O)C(OC7OC(CO)C(O)C(O)C7O)C6O)C(C)(C)C5CCC43C)C2C1. The number of fused-ring (bicyclic) bond motifs is 7. The van der Waals surface area contributed by atoms with Crippen molar-refractivity contribution < 1.29 is 99.6 Å². The molecule has 0 aromatic rings. The Hall–Kier alpha value is -1.51. The molecule has 0 radical (unpaired) electrons. The van der Waals surface area contributed by atoms with Gasteiger partial charge in [0.2, 0.25) is 0 Å². The fourth-order valence-electron chi connectivity index (χ4n) is 15.4. The second-order valence-corrected chi connectivity index (χ2v) is 23.8. The van der Waals surface area contributed by atoms with Gasteiger partial charge in [-0.25, -0.2) is 4.79 Å². The summed E-state index contributed by atoms with van der Waals surface area (Å²) in [7, 11) is 0. The van der Waals surface area contributed by atoms with Gasteiger partial charge in [-0.3, -0.25) is 0 Å². The lowest BCUT2D eigenvalue weighted by Gasteiger charge is -2.72. The normalized spacial score (nSPS) is 54.3. The summed E-state index contributed by atoms with van der Waals surface area (Å²) in [4.78, 5) is 12.4.